The molecule has 2 aromatic rings. The zero-order chi connectivity index (χ0) is 12.5. The Bertz CT molecular complexity index is 583. The summed E-state index contributed by atoms with van der Waals surface area (Å²) < 4.78 is 1.98. The van der Waals surface area contributed by atoms with Gasteiger partial charge in [0.25, 0.3) is 0 Å². The molecule has 0 unspecified atom stereocenters. The van der Waals surface area contributed by atoms with Crippen molar-refractivity contribution < 1.29 is 0 Å². The predicted octanol–water partition coefficient (Wildman–Crippen LogP) is 0.825. The van der Waals surface area contributed by atoms with Gasteiger partial charge >= 0.3 is 0 Å². The first kappa shape index (κ1) is 10.9. The third kappa shape index (κ3) is 1.75. The Labute approximate surface area is 104 Å². The first-order valence-electron chi connectivity index (χ1n) is 5.97. The van der Waals surface area contributed by atoms with Gasteiger partial charge in [-0.1, -0.05) is 0 Å². The van der Waals surface area contributed by atoms with E-state index < -0.39 is 0 Å². The number of aryl methyl sites for hydroxylation is 1. The van der Waals surface area contributed by atoms with Crippen LogP contribution in [0.1, 0.15) is 29.9 Å². The number of hydrogen-bond donors (Lipinski definition) is 2. The molecule has 1 aliphatic carbocycles. The highest BCUT2D eigenvalue weighted by molar-refractivity contribution is 5.92. The van der Waals surface area contributed by atoms with Crippen LogP contribution in [0.3, 0.4) is 0 Å². The fraction of sp³-hybridized carbons (Fsp3) is 0.333. The molecule has 92 valence electrons. The number of hydrogen-bond acceptors (Lipinski definition) is 4. The van der Waals surface area contributed by atoms with Gasteiger partial charge < -0.3 is 5.73 Å². The first-order chi connectivity index (χ1) is 8.75. The van der Waals surface area contributed by atoms with Gasteiger partial charge in [0, 0.05) is 5.69 Å². The van der Waals surface area contributed by atoms with E-state index in [1.54, 1.807) is 12.5 Å². The zero-order valence-electron chi connectivity index (χ0n) is 9.93. The van der Waals surface area contributed by atoms with Gasteiger partial charge in [0.05, 0.1) is 18.1 Å². The van der Waals surface area contributed by atoms with Gasteiger partial charge in [-0.2, -0.15) is 0 Å². The molecule has 2 heterocycles. The van der Waals surface area contributed by atoms with Gasteiger partial charge in [0.15, 0.2) is 5.82 Å². The number of nitrogens with zero attached hydrogens (tertiary/aromatic N) is 4. The van der Waals surface area contributed by atoms with Crippen molar-refractivity contribution in [1.82, 2.24) is 19.5 Å². The highest BCUT2D eigenvalue weighted by Gasteiger charge is 2.16. The van der Waals surface area contributed by atoms with Crippen molar-refractivity contribution in [3.63, 3.8) is 0 Å². The van der Waals surface area contributed by atoms with E-state index in [0.29, 0.717) is 5.69 Å². The van der Waals surface area contributed by atoms with E-state index in [1.807, 2.05) is 4.57 Å². The van der Waals surface area contributed by atoms with Gasteiger partial charge in [-0.25, -0.2) is 15.0 Å². The lowest BCUT2D eigenvalue weighted by molar-refractivity contribution is 0.653. The van der Waals surface area contributed by atoms with Crippen LogP contribution < -0.4 is 5.73 Å². The molecule has 1 aliphatic rings. The molecular formula is C12H14N6. The third-order valence-electron chi connectivity index (χ3n) is 3.19. The maximum atomic E-state index is 7.29. The second-order valence-electron chi connectivity index (χ2n) is 4.39. The molecule has 3 N–H and O–H groups in total. The van der Waals surface area contributed by atoms with Crippen molar-refractivity contribution in [2.75, 3.05) is 0 Å². The number of nitrogen functional groups attached to an aromatic ring is 1. The van der Waals surface area contributed by atoms with E-state index in [-0.39, 0.29) is 5.84 Å². The smallest absolute Gasteiger partial charge is 0.156 e. The second-order valence-corrected chi connectivity index (χ2v) is 4.39. The molecule has 2 aromatic heterocycles. The minimum atomic E-state index is -0.0679. The normalized spacial score (nSPS) is 14.2. The lowest BCUT2D eigenvalue weighted by atomic mass is 10.0. The summed E-state index contributed by atoms with van der Waals surface area (Å²) in [5.74, 6) is 0.664. The molecule has 18 heavy (non-hydrogen) atoms. The monoisotopic (exact) mass is 242 g/mol. The van der Waals surface area contributed by atoms with E-state index in [9.17, 15) is 0 Å². The summed E-state index contributed by atoms with van der Waals surface area (Å²) in [6.45, 7) is 0. The molecule has 3 rings (SSSR count). The number of imidazole rings is 1. The fourth-order valence-corrected chi connectivity index (χ4v) is 2.25. The minimum absolute atomic E-state index is 0.0679. The van der Waals surface area contributed by atoms with Crippen LogP contribution in [-0.4, -0.2) is 25.4 Å². The summed E-state index contributed by atoms with van der Waals surface area (Å²) in [7, 11) is 0. The van der Waals surface area contributed by atoms with Crippen molar-refractivity contribution >= 4 is 5.84 Å². The van der Waals surface area contributed by atoms with Gasteiger partial charge in [0.2, 0.25) is 0 Å². The SMILES string of the molecule is N=C(N)c1cnc(-n2cnc3c2CCCC3)cn1. The molecule has 0 bridgehead atoms. The lowest BCUT2D eigenvalue weighted by Crippen LogP contribution is -2.14. The number of fused-ring (bicyclic) bond motifs is 1. The first-order valence-corrected chi connectivity index (χ1v) is 5.97. The quantitative estimate of drug-likeness (QED) is 0.602. The Hall–Kier alpha value is -2.24. The van der Waals surface area contributed by atoms with Crippen LogP contribution in [0.2, 0.25) is 0 Å². The summed E-state index contributed by atoms with van der Waals surface area (Å²) >= 11 is 0. The van der Waals surface area contributed by atoms with Crippen molar-refractivity contribution in [2.45, 2.75) is 25.7 Å². The van der Waals surface area contributed by atoms with Crippen LogP contribution in [-0.2, 0) is 12.8 Å². The average molecular weight is 242 g/mol. The molecule has 0 aromatic carbocycles. The molecular weight excluding hydrogens is 228 g/mol. The molecule has 0 saturated heterocycles. The van der Waals surface area contributed by atoms with E-state index in [4.69, 9.17) is 11.1 Å². The Morgan fingerprint density at radius 2 is 2.00 bits per heavy atom. The Kier molecular flexibility index (Phi) is 2.55. The molecule has 6 nitrogen and oxygen atoms in total. The molecule has 0 radical (unpaired) electrons. The van der Waals surface area contributed by atoms with Gasteiger partial charge in [-0.15, -0.1) is 0 Å². The summed E-state index contributed by atoms with van der Waals surface area (Å²) in [6.07, 6.45) is 9.43. The standard InChI is InChI=1S/C12H14N6/c13-12(14)9-5-16-11(6-15-9)18-7-17-8-3-1-2-4-10(8)18/h5-7H,1-4H2,(H3,13,14). The molecule has 0 aliphatic heterocycles. The zero-order valence-corrected chi connectivity index (χ0v) is 9.93. The Morgan fingerprint density at radius 3 is 2.72 bits per heavy atom. The number of amidine groups is 1. The number of nitrogens with two attached hydrogens (primary N) is 1. The molecule has 0 fully saturated rings. The topological polar surface area (TPSA) is 93.5 Å². The van der Waals surface area contributed by atoms with Crippen LogP contribution in [0.4, 0.5) is 0 Å². The summed E-state index contributed by atoms with van der Waals surface area (Å²) in [6, 6.07) is 0. The number of aromatic nitrogens is 4. The minimum Gasteiger partial charge on any atom is -0.382 e. The highest BCUT2D eigenvalue weighted by atomic mass is 15.1. The van der Waals surface area contributed by atoms with E-state index in [2.05, 4.69) is 15.0 Å². The van der Waals surface area contributed by atoms with Crippen LogP contribution in [0.15, 0.2) is 18.7 Å². The van der Waals surface area contributed by atoms with Crippen LogP contribution in [0, 0.1) is 5.41 Å². The van der Waals surface area contributed by atoms with Crippen molar-refractivity contribution in [2.24, 2.45) is 5.73 Å². The van der Waals surface area contributed by atoms with Crippen LogP contribution >= 0.6 is 0 Å². The summed E-state index contributed by atoms with van der Waals surface area (Å²) in [5.41, 5.74) is 8.14. The van der Waals surface area contributed by atoms with Gasteiger partial charge in [-0.3, -0.25) is 9.98 Å². The average Bonchev–Trinajstić information content (AvgIpc) is 2.82. The lowest BCUT2D eigenvalue weighted by Gasteiger charge is -2.13. The summed E-state index contributed by atoms with van der Waals surface area (Å²) in [5, 5.41) is 7.29. The highest BCUT2D eigenvalue weighted by Crippen LogP contribution is 2.21. The van der Waals surface area contributed by atoms with Crippen molar-refractivity contribution in [1.29, 1.82) is 5.41 Å². The fourth-order valence-electron chi connectivity index (χ4n) is 2.25. The Balaban J connectivity index is 1.99. The molecule has 0 amide bonds. The second kappa shape index (κ2) is 4.21. The predicted molar refractivity (Wildman–Crippen MR) is 66.8 cm³/mol. The van der Waals surface area contributed by atoms with Crippen LogP contribution in [0.25, 0.3) is 5.82 Å². The number of rotatable bonds is 2. The third-order valence-corrected chi connectivity index (χ3v) is 3.19. The van der Waals surface area contributed by atoms with E-state index in [1.165, 1.54) is 30.4 Å². The maximum absolute atomic E-state index is 7.29. The van der Waals surface area contributed by atoms with Gasteiger partial charge in [0.1, 0.15) is 17.9 Å². The van der Waals surface area contributed by atoms with Crippen molar-refractivity contribution in [3.05, 3.63) is 35.8 Å². The van der Waals surface area contributed by atoms with Gasteiger partial charge in [-0.05, 0) is 25.7 Å². The summed E-state index contributed by atoms with van der Waals surface area (Å²) in [4.78, 5) is 12.8. The molecule has 6 heteroatoms. The maximum Gasteiger partial charge on any atom is 0.156 e. The Morgan fingerprint density at radius 1 is 1.17 bits per heavy atom. The largest absolute Gasteiger partial charge is 0.382 e. The van der Waals surface area contributed by atoms with E-state index in [0.717, 1.165) is 18.7 Å². The molecule has 0 spiro atoms. The van der Waals surface area contributed by atoms with Crippen LogP contribution in [0.5, 0.6) is 0 Å². The number of nitrogens with one attached hydrogen (secondary N) is 1. The molecule has 0 atom stereocenters. The van der Waals surface area contributed by atoms with Crippen molar-refractivity contribution in [3.8, 4) is 5.82 Å². The molecule has 0 saturated carbocycles. The van der Waals surface area contributed by atoms with E-state index >= 15 is 0 Å².